The van der Waals surface area contributed by atoms with Crippen molar-refractivity contribution in [3.8, 4) is 0 Å². The molecule has 0 atom stereocenters. The van der Waals surface area contributed by atoms with Gasteiger partial charge in [-0.2, -0.15) is 0 Å². The molecule has 0 aliphatic heterocycles. The van der Waals surface area contributed by atoms with E-state index in [1.165, 1.54) is 175 Å². The molecule has 0 aromatic carbocycles. The monoisotopic (exact) mass is 674 g/mol. The van der Waals surface area contributed by atoms with Crippen molar-refractivity contribution in [1.29, 1.82) is 0 Å². The average molecular weight is 674 g/mol. The topological polar surface area (TPSA) is 16.2 Å². The molecule has 0 aromatic heterocycles. The van der Waals surface area contributed by atoms with Gasteiger partial charge in [-0.25, -0.2) is 0 Å². The van der Waals surface area contributed by atoms with Crippen LogP contribution in [0.4, 0.5) is 0 Å². The predicted molar refractivity (Wildman–Crippen MR) is 223 cm³/mol. The fourth-order valence-electron chi connectivity index (χ4n) is 5.81. The lowest BCUT2D eigenvalue weighted by Gasteiger charge is -2.19. The van der Waals surface area contributed by atoms with Crippen molar-refractivity contribution in [2.75, 3.05) is 98.2 Å². The van der Waals surface area contributed by atoms with E-state index in [9.17, 15) is 0 Å². The Labute approximate surface area is 303 Å². The molecule has 5 heteroatoms. The molecule has 5 nitrogen and oxygen atoms in total. The summed E-state index contributed by atoms with van der Waals surface area (Å²) in [6, 6.07) is 0. The summed E-state index contributed by atoms with van der Waals surface area (Å²) < 4.78 is 0. The first-order chi connectivity index (χ1) is 22.7. The molecule has 292 valence electrons. The normalized spacial score (nSPS) is 10.7. The predicted octanol–water partition coefficient (Wildman–Crippen LogP) is 11.4. The van der Waals surface area contributed by atoms with E-state index in [1.807, 2.05) is 0 Å². The van der Waals surface area contributed by atoms with E-state index < -0.39 is 0 Å². The van der Waals surface area contributed by atoms with Crippen molar-refractivity contribution in [1.82, 2.24) is 24.5 Å². The van der Waals surface area contributed by atoms with Crippen LogP contribution in [0.25, 0.3) is 0 Å². The van der Waals surface area contributed by atoms with Crippen LogP contribution in [-0.2, 0) is 0 Å². The lowest BCUT2D eigenvalue weighted by molar-refractivity contribution is 0.275. The summed E-state index contributed by atoms with van der Waals surface area (Å²) in [5.74, 6) is 0. The van der Waals surface area contributed by atoms with Gasteiger partial charge in [-0.1, -0.05) is 104 Å². The Kier molecular flexibility index (Phi) is 62.9. The molecule has 0 N–H and O–H groups in total. The summed E-state index contributed by atoms with van der Waals surface area (Å²) in [6.45, 7) is 52.5. The fraction of sp³-hybridized carbons (Fsp3) is 1.00. The van der Waals surface area contributed by atoms with E-state index in [1.54, 1.807) is 0 Å². The summed E-state index contributed by atoms with van der Waals surface area (Å²) in [6.07, 6.45) is 15.5. The van der Waals surface area contributed by atoms with Gasteiger partial charge in [0.25, 0.3) is 0 Å². The van der Waals surface area contributed by atoms with E-state index in [4.69, 9.17) is 0 Å². The third kappa shape index (κ3) is 50.3. The van der Waals surface area contributed by atoms with E-state index >= 15 is 0 Å². The molecule has 0 fully saturated rings. The van der Waals surface area contributed by atoms with Crippen molar-refractivity contribution in [3.05, 3.63) is 0 Å². The molecule has 0 aliphatic rings. The van der Waals surface area contributed by atoms with Crippen LogP contribution in [0.2, 0.25) is 0 Å². The van der Waals surface area contributed by atoms with Gasteiger partial charge in [0.05, 0.1) is 0 Å². The molecular formula is C42H99N5. The second-order valence-electron chi connectivity index (χ2n) is 13.0. The van der Waals surface area contributed by atoms with Gasteiger partial charge < -0.3 is 24.5 Å². The SMILES string of the molecule is CCCN(CCC)CCC.CCCN(CCC)CCC.CCCN(CCC)CCC.CCCN(CCC)CCC.CCN(CC)CC. The van der Waals surface area contributed by atoms with Gasteiger partial charge in [0.1, 0.15) is 0 Å². The minimum atomic E-state index is 1.19. The number of hydrogen-bond acceptors (Lipinski definition) is 5. The molecular weight excluding hydrogens is 574 g/mol. The van der Waals surface area contributed by atoms with Crippen LogP contribution in [0.15, 0.2) is 0 Å². The second-order valence-corrected chi connectivity index (χ2v) is 13.0. The minimum absolute atomic E-state index is 1.19. The Morgan fingerprint density at radius 3 is 0.319 bits per heavy atom. The van der Waals surface area contributed by atoms with Crippen molar-refractivity contribution >= 4 is 0 Å². The average Bonchev–Trinajstić information content (AvgIpc) is 3.05. The highest BCUT2D eigenvalue weighted by atomic mass is 15.1. The lowest BCUT2D eigenvalue weighted by Crippen LogP contribution is -2.26. The maximum atomic E-state index is 2.54. The summed E-state index contributed by atoms with van der Waals surface area (Å²) in [5.41, 5.74) is 0. The fourth-order valence-corrected chi connectivity index (χ4v) is 5.81. The Bertz CT molecular complexity index is 337. The highest BCUT2D eigenvalue weighted by Crippen LogP contribution is 1.97. The molecule has 0 saturated carbocycles. The Morgan fingerprint density at radius 1 is 0.170 bits per heavy atom. The van der Waals surface area contributed by atoms with Crippen molar-refractivity contribution in [2.24, 2.45) is 0 Å². The molecule has 0 radical (unpaired) electrons. The van der Waals surface area contributed by atoms with Crippen LogP contribution in [0, 0.1) is 0 Å². The Morgan fingerprint density at radius 2 is 0.277 bits per heavy atom. The highest BCUT2D eigenvalue weighted by Gasteiger charge is 2.00. The molecule has 0 aromatic rings. The quantitative estimate of drug-likeness (QED) is 0.0860. The molecule has 0 aliphatic carbocycles. The van der Waals surface area contributed by atoms with Crippen molar-refractivity contribution in [2.45, 2.75) is 181 Å². The van der Waals surface area contributed by atoms with Gasteiger partial charge in [0.15, 0.2) is 0 Å². The van der Waals surface area contributed by atoms with Crippen molar-refractivity contribution < 1.29 is 0 Å². The van der Waals surface area contributed by atoms with Gasteiger partial charge in [0, 0.05) is 0 Å². The third-order valence-corrected chi connectivity index (χ3v) is 7.82. The second kappa shape index (κ2) is 52.6. The first-order valence-electron chi connectivity index (χ1n) is 21.4. The van der Waals surface area contributed by atoms with Gasteiger partial charge in [-0.15, -0.1) is 0 Å². The molecule has 0 amide bonds. The number of hydrogen-bond donors (Lipinski definition) is 0. The van der Waals surface area contributed by atoms with E-state index in [-0.39, 0.29) is 0 Å². The molecule has 0 heterocycles. The summed E-state index contributed by atoms with van der Waals surface area (Å²) in [7, 11) is 0. The van der Waals surface area contributed by atoms with Crippen LogP contribution in [-0.4, -0.2) is 123 Å². The lowest BCUT2D eigenvalue weighted by atomic mass is 10.3. The van der Waals surface area contributed by atoms with Gasteiger partial charge in [-0.3, -0.25) is 0 Å². The van der Waals surface area contributed by atoms with E-state index in [0.29, 0.717) is 0 Å². The molecule has 0 unspecified atom stereocenters. The van der Waals surface area contributed by atoms with E-state index in [0.717, 1.165) is 0 Å². The van der Waals surface area contributed by atoms with Crippen LogP contribution in [0.1, 0.15) is 181 Å². The smallest absolute Gasteiger partial charge is 0.00214 e. The van der Waals surface area contributed by atoms with Gasteiger partial charge in [-0.05, 0) is 175 Å². The van der Waals surface area contributed by atoms with Crippen LogP contribution in [0.3, 0.4) is 0 Å². The molecule has 0 saturated heterocycles. The summed E-state index contributed by atoms with van der Waals surface area (Å²) >= 11 is 0. The minimum Gasteiger partial charge on any atom is -0.304 e. The number of nitrogens with zero attached hydrogens (tertiary/aromatic N) is 5. The molecule has 0 rings (SSSR count). The first-order valence-corrected chi connectivity index (χ1v) is 21.4. The zero-order chi connectivity index (χ0) is 37.0. The van der Waals surface area contributed by atoms with Crippen LogP contribution >= 0.6 is 0 Å². The molecule has 0 spiro atoms. The number of rotatable bonds is 27. The standard InChI is InChI=1S/4C9H21N.C6H15N/c4*1-4-7-10(8-5-2)9-6-3;1-4-7(5-2)6-3/h4*4-9H2,1-3H3;4-6H2,1-3H3. The van der Waals surface area contributed by atoms with Gasteiger partial charge in [0.2, 0.25) is 0 Å². The maximum absolute atomic E-state index is 2.54. The Balaban J connectivity index is -0.000000157. The van der Waals surface area contributed by atoms with E-state index in [2.05, 4.69) is 128 Å². The molecule has 47 heavy (non-hydrogen) atoms. The van der Waals surface area contributed by atoms with Gasteiger partial charge >= 0.3 is 0 Å². The third-order valence-electron chi connectivity index (χ3n) is 7.82. The zero-order valence-electron chi connectivity index (χ0n) is 36.3. The maximum Gasteiger partial charge on any atom is -0.00214 e. The van der Waals surface area contributed by atoms with Crippen LogP contribution < -0.4 is 0 Å². The molecule has 0 bridgehead atoms. The van der Waals surface area contributed by atoms with Crippen LogP contribution in [0.5, 0.6) is 0 Å². The summed E-state index contributed by atoms with van der Waals surface area (Å²) in [4.78, 5) is 12.5. The first kappa shape index (κ1) is 56.2. The summed E-state index contributed by atoms with van der Waals surface area (Å²) in [5, 5.41) is 0. The highest BCUT2D eigenvalue weighted by molar-refractivity contribution is 4.56. The van der Waals surface area contributed by atoms with Crippen molar-refractivity contribution in [3.63, 3.8) is 0 Å². The zero-order valence-corrected chi connectivity index (χ0v) is 36.3. The largest absolute Gasteiger partial charge is 0.304 e. The Hall–Kier alpha value is -0.200.